The molecule has 1 N–H and O–H groups in total. The van der Waals surface area contributed by atoms with E-state index in [1.54, 1.807) is 11.3 Å². The van der Waals surface area contributed by atoms with Gasteiger partial charge >= 0.3 is 6.03 Å². The largest absolute Gasteiger partial charge is 0.379 e. The Kier molecular flexibility index (Phi) is 5.91. The number of thiophene rings is 1. The summed E-state index contributed by atoms with van der Waals surface area (Å²) in [6.45, 7) is 7.56. The van der Waals surface area contributed by atoms with Crippen molar-refractivity contribution in [3.05, 3.63) is 22.4 Å². The fourth-order valence-electron chi connectivity index (χ4n) is 3.45. The number of carbonyl (C=O) groups excluding carboxylic acids is 1. The Balaban J connectivity index is 1.48. The quantitative estimate of drug-likeness (QED) is 0.896. The van der Waals surface area contributed by atoms with Crippen molar-refractivity contribution in [2.75, 3.05) is 39.4 Å². The van der Waals surface area contributed by atoms with Crippen molar-refractivity contribution in [2.24, 2.45) is 0 Å². The molecule has 2 aliphatic rings. The van der Waals surface area contributed by atoms with Gasteiger partial charge < -0.3 is 15.0 Å². The van der Waals surface area contributed by atoms with Crippen LogP contribution in [-0.4, -0.2) is 67.3 Å². The minimum absolute atomic E-state index is 0.102. The number of carbonyl (C=O) groups is 1. The minimum atomic E-state index is 0.102. The number of rotatable bonds is 5. The van der Waals surface area contributed by atoms with Crippen LogP contribution in [0.25, 0.3) is 0 Å². The normalized spacial score (nSPS) is 23.9. The van der Waals surface area contributed by atoms with Crippen molar-refractivity contribution < 1.29 is 9.53 Å². The lowest BCUT2D eigenvalue weighted by Gasteiger charge is -2.33. The van der Waals surface area contributed by atoms with Gasteiger partial charge in [-0.15, -0.1) is 11.3 Å². The Morgan fingerprint density at radius 2 is 2.26 bits per heavy atom. The average Bonchev–Trinajstić information content (AvgIpc) is 3.20. The van der Waals surface area contributed by atoms with Gasteiger partial charge in [-0.1, -0.05) is 6.07 Å². The number of ether oxygens (including phenoxy) is 1. The van der Waals surface area contributed by atoms with Gasteiger partial charge in [-0.2, -0.15) is 0 Å². The van der Waals surface area contributed by atoms with Gasteiger partial charge in [0.15, 0.2) is 0 Å². The monoisotopic (exact) mass is 337 g/mol. The standard InChI is InChI=1S/C17H27N3O2S/c1-14(12-16-5-3-11-23-16)18-17(21)20-6-2-4-15(20)13-19-7-9-22-10-8-19/h3,5,11,14-15H,2,4,6-10,12-13H2,1H3,(H,18,21)/t14-,15+/m1/s1. The summed E-state index contributed by atoms with van der Waals surface area (Å²) in [6, 6.07) is 4.82. The maximum Gasteiger partial charge on any atom is 0.317 e. The predicted molar refractivity (Wildman–Crippen MR) is 93.0 cm³/mol. The number of hydrogen-bond donors (Lipinski definition) is 1. The van der Waals surface area contributed by atoms with Crippen molar-refractivity contribution in [2.45, 2.75) is 38.3 Å². The molecule has 5 nitrogen and oxygen atoms in total. The molecule has 2 aliphatic heterocycles. The first-order valence-corrected chi connectivity index (χ1v) is 9.50. The van der Waals surface area contributed by atoms with Gasteiger partial charge in [0.25, 0.3) is 0 Å². The lowest BCUT2D eigenvalue weighted by molar-refractivity contribution is 0.0291. The molecule has 6 heteroatoms. The molecule has 3 heterocycles. The van der Waals surface area contributed by atoms with Crippen LogP contribution < -0.4 is 5.32 Å². The number of hydrogen-bond acceptors (Lipinski definition) is 4. The number of nitrogens with zero attached hydrogens (tertiary/aromatic N) is 2. The van der Waals surface area contributed by atoms with Crippen LogP contribution in [0.15, 0.2) is 17.5 Å². The topological polar surface area (TPSA) is 44.8 Å². The van der Waals surface area contributed by atoms with E-state index in [-0.39, 0.29) is 12.1 Å². The van der Waals surface area contributed by atoms with E-state index in [1.165, 1.54) is 4.88 Å². The van der Waals surface area contributed by atoms with Crippen LogP contribution in [0.5, 0.6) is 0 Å². The van der Waals surface area contributed by atoms with E-state index in [0.717, 1.165) is 58.7 Å². The maximum atomic E-state index is 12.6. The Bertz CT molecular complexity index is 488. The highest BCUT2D eigenvalue weighted by molar-refractivity contribution is 7.09. The zero-order valence-corrected chi connectivity index (χ0v) is 14.7. The molecular formula is C17H27N3O2S. The molecule has 2 atom stereocenters. The molecule has 1 aromatic heterocycles. The molecule has 3 rings (SSSR count). The SMILES string of the molecule is C[C@H](Cc1cccs1)NC(=O)N1CCC[C@H]1CN1CCOCC1. The van der Waals surface area contributed by atoms with Crippen LogP contribution in [0.4, 0.5) is 4.79 Å². The summed E-state index contributed by atoms with van der Waals surface area (Å²) >= 11 is 1.75. The van der Waals surface area contributed by atoms with E-state index in [0.29, 0.717) is 6.04 Å². The molecule has 0 radical (unpaired) electrons. The summed E-state index contributed by atoms with van der Waals surface area (Å²) in [5.41, 5.74) is 0. The van der Waals surface area contributed by atoms with E-state index in [9.17, 15) is 4.79 Å². The van der Waals surface area contributed by atoms with Crippen LogP contribution in [0.1, 0.15) is 24.6 Å². The Morgan fingerprint density at radius 3 is 3.00 bits per heavy atom. The molecule has 0 aliphatic carbocycles. The van der Waals surface area contributed by atoms with Crippen LogP contribution in [0.2, 0.25) is 0 Å². The third-order valence-corrected chi connectivity index (χ3v) is 5.57. The fraction of sp³-hybridized carbons (Fsp3) is 0.706. The number of nitrogens with one attached hydrogen (secondary N) is 1. The predicted octanol–water partition coefficient (Wildman–Crippen LogP) is 2.19. The number of urea groups is 1. The summed E-state index contributed by atoms with van der Waals surface area (Å²) in [5, 5.41) is 5.26. The molecule has 0 spiro atoms. The highest BCUT2D eigenvalue weighted by Gasteiger charge is 2.31. The number of amides is 2. The van der Waals surface area contributed by atoms with E-state index in [4.69, 9.17) is 4.74 Å². The van der Waals surface area contributed by atoms with Gasteiger partial charge in [0.05, 0.1) is 13.2 Å². The molecule has 2 saturated heterocycles. The maximum absolute atomic E-state index is 12.6. The lowest BCUT2D eigenvalue weighted by Crippen LogP contribution is -2.51. The van der Waals surface area contributed by atoms with Crippen LogP contribution >= 0.6 is 11.3 Å². The first-order valence-electron chi connectivity index (χ1n) is 8.62. The van der Waals surface area contributed by atoms with Gasteiger partial charge in [0, 0.05) is 49.6 Å². The van der Waals surface area contributed by atoms with Gasteiger partial charge in [0.1, 0.15) is 0 Å². The summed E-state index contributed by atoms with van der Waals surface area (Å²) in [5.74, 6) is 0. The summed E-state index contributed by atoms with van der Waals surface area (Å²) in [4.78, 5) is 18.4. The van der Waals surface area contributed by atoms with Crippen LogP contribution in [0, 0.1) is 0 Å². The Hall–Kier alpha value is -1.11. The molecule has 0 unspecified atom stereocenters. The van der Waals surface area contributed by atoms with Gasteiger partial charge in [-0.3, -0.25) is 4.90 Å². The number of morpholine rings is 1. The van der Waals surface area contributed by atoms with Gasteiger partial charge in [-0.25, -0.2) is 4.79 Å². The van der Waals surface area contributed by atoms with Crippen molar-refractivity contribution in [1.82, 2.24) is 15.1 Å². The zero-order chi connectivity index (χ0) is 16.1. The van der Waals surface area contributed by atoms with E-state index >= 15 is 0 Å². The third kappa shape index (κ3) is 4.68. The average molecular weight is 337 g/mol. The Labute approximate surface area is 142 Å². The van der Waals surface area contributed by atoms with E-state index < -0.39 is 0 Å². The van der Waals surface area contributed by atoms with Crippen LogP contribution in [0.3, 0.4) is 0 Å². The summed E-state index contributed by atoms with van der Waals surface area (Å²) in [7, 11) is 0. The third-order valence-electron chi connectivity index (χ3n) is 4.67. The molecule has 0 bridgehead atoms. The highest BCUT2D eigenvalue weighted by Crippen LogP contribution is 2.19. The summed E-state index contributed by atoms with van der Waals surface area (Å²) in [6.07, 6.45) is 3.14. The smallest absolute Gasteiger partial charge is 0.317 e. The minimum Gasteiger partial charge on any atom is -0.379 e. The van der Waals surface area contributed by atoms with Gasteiger partial charge in [-0.05, 0) is 31.2 Å². The Morgan fingerprint density at radius 1 is 1.43 bits per heavy atom. The second-order valence-corrected chi connectivity index (χ2v) is 7.57. The van der Waals surface area contributed by atoms with E-state index in [2.05, 4.69) is 34.7 Å². The molecule has 23 heavy (non-hydrogen) atoms. The zero-order valence-electron chi connectivity index (χ0n) is 13.9. The fourth-order valence-corrected chi connectivity index (χ4v) is 4.29. The molecule has 2 amide bonds. The van der Waals surface area contributed by atoms with Crippen molar-refractivity contribution >= 4 is 17.4 Å². The molecule has 0 aromatic carbocycles. The lowest BCUT2D eigenvalue weighted by atomic mass is 10.2. The van der Waals surface area contributed by atoms with Crippen molar-refractivity contribution in [3.8, 4) is 0 Å². The van der Waals surface area contributed by atoms with Gasteiger partial charge in [0.2, 0.25) is 0 Å². The first-order chi connectivity index (χ1) is 11.2. The second-order valence-electron chi connectivity index (χ2n) is 6.54. The second kappa shape index (κ2) is 8.13. The molecule has 1 aromatic rings. The molecular weight excluding hydrogens is 310 g/mol. The first kappa shape index (κ1) is 16.7. The van der Waals surface area contributed by atoms with E-state index in [1.807, 2.05) is 4.90 Å². The van der Waals surface area contributed by atoms with Crippen LogP contribution in [-0.2, 0) is 11.2 Å². The molecule has 128 valence electrons. The number of likely N-dealkylation sites (tertiary alicyclic amines) is 1. The molecule has 0 saturated carbocycles. The van der Waals surface area contributed by atoms with Crippen molar-refractivity contribution in [3.63, 3.8) is 0 Å². The summed E-state index contributed by atoms with van der Waals surface area (Å²) < 4.78 is 5.41. The van der Waals surface area contributed by atoms with Crippen molar-refractivity contribution in [1.29, 1.82) is 0 Å². The highest BCUT2D eigenvalue weighted by atomic mass is 32.1. The molecule has 2 fully saturated rings.